The first-order chi connectivity index (χ1) is 10.6. The fourth-order valence-corrected chi connectivity index (χ4v) is 2.38. The Morgan fingerprint density at radius 1 is 1.09 bits per heavy atom. The molecule has 122 valence electrons. The quantitative estimate of drug-likeness (QED) is 0.302. The number of hydrogen-bond donors (Lipinski definition) is 2. The van der Waals surface area contributed by atoms with Crippen LogP contribution in [0.15, 0.2) is 30.3 Å². The van der Waals surface area contributed by atoms with Crippen molar-refractivity contribution in [2.24, 2.45) is 5.73 Å². The normalized spacial score (nSPS) is 11.9. The number of carbonyl (C=O) groups excluding carboxylic acids is 2. The molecule has 0 aliphatic heterocycles. The van der Waals surface area contributed by atoms with Crippen molar-refractivity contribution < 1.29 is 14.8 Å². The molecule has 2 amide bonds. The average molecular weight is 306 g/mol. The summed E-state index contributed by atoms with van der Waals surface area (Å²) in [5.74, 6) is -2.54. The molecule has 1 aromatic rings. The van der Waals surface area contributed by atoms with Gasteiger partial charge in [-0.2, -0.15) is 0 Å². The van der Waals surface area contributed by atoms with Crippen molar-refractivity contribution in [3.05, 3.63) is 35.9 Å². The lowest BCUT2D eigenvalue weighted by Crippen LogP contribution is -2.39. The first-order valence-corrected chi connectivity index (χ1v) is 7.92. The van der Waals surface area contributed by atoms with Gasteiger partial charge in [0.05, 0.1) is 0 Å². The zero-order valence-electron chi connectivity index (χ0n) is 13.2. The Hall–Kier alpha value is -1.88. The van der Waals surface area contributed by atoms with Crippen LogP contribution in [0.3, 0.4) is 0 Å². The molecule has 0 bridgehead atoms. The van der Waals surface area contributed by atoms with Crippen LogP contribution < -0.4 is 5.73 Å². The molecule has 5 nitrogen and oxygen atoms in total. The van der Waals surface area contributed by atoms with E-state index in [-0.39, 0.29) is 6.54 Å². The molecule has 0 fully saturated rings. The highest BCUT2D eigenvalue weighted by atomic mass is 16.5. The van der Waals surface area contributed by atoms with E-state index < -0.39 is 17.7 Å². The van der Waals surface area contributed by atoms with E-state index in [0.717, 1.165) is 12.8 Å². The lowest BCUT2D eigenvalue weighted by Gasteiger charge is -2.20. The van der Waals surface area contributed by atoms with E-state index in [1.54, 1.807) is 30.3 Å². The molecule has 5 heteroatoms. The number of amides is 2. The Labute approximate surface area is 132 Å². The summed E-state index contributed by atoms with van der Waals surface area (Å²) < 4.78 is 0. The van der Waals surface area contributed by atoms with Gasteiger partial charge in [-0.1, -0.05) is 69.4 Å². The van der Waals surface area contributed by atoms with Gasteiger partial charge in [-0.15, -0.1) is 0 Å². The molecule has 1 rings (SSSR count). The average Bonchev–Trinajstić information content (AvgIpc) is 2.51. The van der Waals surface area contributed by atoms with Gasteiger partial charge in [0.15, 0.2) is 0 Å². The lowest BCUT2D eigenvalue weighted by molar-refractivity contribution is -0.168. The van der Waals surface area contributed by atoms with Gasteiger partial charge in [0, 0.05) is 6.54 Å². The minimum atomic E-state index is -1.13. The smallest absolute Gasteiger partial charge is 0.262 e. The fourth-order valence-electron chi connectivity index (χ4n) is 2.38. The number of benzene rings is 1. The second kappa shape index (κ2) is 9.95. The Morgan fingerprint density at radius 3 is 2.27 bits per heavy atom. The molecule has 3 N–H and O–H groups in total. The van der Waals surface area contributed by atoms with E-state index in [9.17, 15) is 14.8 Å². The van der Waals surface area contributed by atoms with Gasteiger partial charge in [0.25, 0.3) is 5.91 Å². The third-order valence-electron chi connectivity index (χ3n) is 3.64. The van der Waals surface area contributed by atoms with Crippen LogP contribution in [0.2, 0.25) is 0 Å². The number of rotatable bonds is 10. The summed E-state index contributed by atoms with van der Waals surface area (Å²) in [6, 6.07) is 8.57. The summed E-state index contributed by atoms with van der Waals surface area (Å²) >= 11 is 0. The molecule has 0 heterocycles. The summed E-state index contributed by atoms with van der Waals surface area (Å²) in [4.78, 5) is 23.8. The zero-order chi connectivity index (χ0) is 16.4. The van der Waals surface area contributed by atoms with Crippen molar-refractivity contribution in [3.63, 3.8) is 0 Å². The van der Waals surface area contributed by atoms with Gasteiger partial charge in [0.1, 0.15) is 5.92 Å². The molecule has 0 aliphatic rings. The fraction of sp³-hybridized carbons (Fsp3) is 0.529. The second-order valence-electron chi connectivity index (χ2n) is 5.48. The van der Waals surface area contributed by atoms with E-state index in [1.165, 1.54) is 19.3 Å². The number of primary amides is 1. The molecule has 1 aromatic carbocycles. The molecule has 1 unspecified atom stereocenters. The molecular weight excluding hydrogens is 280 g/mol. The van der Waals surface area contributed by atoms with E-state index in [1.807, 2.05) is 0 Å². The number of hydrogen-bond acceptors (Lipinski definition) is 3. The highest BCUT2D eigenvalue weighted by molar-refractivity contribution is 6.04. The van der Waals surface area contributed by atoms with Crippen LogP contribution in [0.4, 0.5) is 0 Å². The van der Waals surface area contributed by atoms with Crippen LogP contribution in [-0.4, -0.2) is 28.6 Å². The Bertz CT molecular complexity index is 462. The lowest BCUT2D eigenvalue weighted by atomic mass is 9.97. The van der Waals surface area contributed by atoms with Crippen LogP contribution in [0.5, 0.6) is 0 Å². The van der Waals surface area contributed by atoms with Crippen molar-refractivity contribution in [2.45, 2.75) is 51.4 Å². The SMILES string of the molecule is CCCCCCCCN(O)C(=O)C(C(N)=O)c1ccccc1. The molecule has 0 aromatic heterocycles. The monoisotopic (exact) mass is 306 g/mol. The minimum Gasteiger partial charge on any atom is -0.369 e. The molecule has 0 saturated carbocycles. The summed E-state index contributed by atoms with van der Waals surface area (Å²) in [6.07, 6.45) is 6.32. The summed E-state index contributed by atoms with van der Waals surface area (Å²) in [7, 11) is 0. The zero-order valence-corrected chi connectivity index (χ0v) is 13.2. The standard InChI is InChI=1S/C17H26N2O3/c1-2-3-4-5-6-10-13-19(22)17(21)15(16(18)20)14-11-8-7-9-12-14/h7-9,11-12,15,22H,2-6,10,13H2,1H3,(H2,18,20). The van der Waals surface area contributed by atoms with Gasteiger partial charge in [0.2, 0.25) is 5.91 Å². The van der Waals surface area contributed by atoms with Gasteiger partial charge in [-0.3, -0.25) is 14.8 Å². The van der Waals surface area contributed by atoms with Gasteiger partial charge in [-0.25, -0.2) is 5.06 Å². The molecule has 0 saturated heterocycles. The highest BCUT2D eigenvalue weighted by Crippen LogP contribution is 2.18. The van der Waals surface area contributed by atoms with Gasteiger partial charge < -0.3 is 5.73 Å². The largest absolute Gasteiger partial charge is 0.369 e. The number of nitrogens with zero attached hydrogens (tertiary/aromatic N) is 1. The van der Waals surface area contributed by atoms with Crippen molar-refractivity contribution in [1.29, 1.82) is 0 Å². The van der Waals surface area contributed by atoms with Crippen molar-refractivity contribution >= 4 is 11.8 Å². The highest BCUT2D eigenvalue weighted by Gasteiger charge is 2.29. The Morgan fingerprint density at radius 2 is 1.68 bits per heavy atom. The van der Waals surface area contributed by atoms with E-state index in [0.29, 0.717) is 17.0 Å². The minimum absolute atomic E-state index is 0.224. The van der Waals surface area contributed by atoms with Crippen LogP contribution >= 0.6 is 0 Å². The predicted octanol–water partition coefficient (Wildman–Crippen LogP) is 2.83. The molecule has 0 radical (unpaired) electrons. The molecule has 1 atom stereocenters. The molecule has 22 heavy (non-hydrogen) atoms. The van der Waals surface area contributed by atoms with E-state index >= 15 is 0 Å². The van der Waals surface area contributed by atoms with Gasteiger partial charge >= 0.3 is 0 Å². The third-order valence-corrected chi connectivity index (χ3v) is 3.64. The molecular formula is C17H26N2O3. The predicted molar refractivity (Wildman–Crippen MR) is 85.3 cm³/mol. The van der Waals surface area contributed by atoms with Crippen molar-refractivity contribution in [3.8, 4) is 0 Å². The van der Waals surface area contributed by atoms with Gasteiger partial charge in [-0.05, 0) is 12.0 Å². The van der Waals surface area contributed by atoms with E-state index in [4.69, 9.17) is 5.73 Å². The first-order valence-electron chi connectivity index (χ1n) is 7.92. The van der Waals surface area contributed by atoms with Crippen LogP contribution in [-0.2, 0) is 9.59 Å². The topological polar surface area (TPSA) is 83.6 Å². The maximum atomic E-state index is 12.2. The summed E-state index contributed by atoms with van der Waals surface area (Å²) in [5.41, 5.74) is 5.82. The maximum Gasteiger partial charge on any atom is 0.262 e. The van der Waals surface area contributed by atoms with E-state index in [2.05, 4.69) is 6.92 Å². The Kier molecular flexibility index (Phi) is 8.22. The number of hydroxylamine groups is 2. The molecule has 0 aliphatic carbocycles. The maximum absolute atomic E-state index is 12.2. The van der Waals surface area contributed by atoms with Crippen molar-refractivity contribution in [2.75, 3.05) is 6.54 Å². The third kappa shape index (κ3) is 5.85. The van der Waals surface area contributed by atoms with Crippen molar-refractivity contribution in [1.82, 2.24) is 5.06 Å². The van der Waals surface area contributed by atoms with Crippen LogP contribution in [0.25, 0.3) is 0 Å². The first kappa shape index (κ1) is 18.2. The number of carbonyl (C=O) groups is 2. The Balaban J connectivity index is 2.50. The number of nitrogens with two attached hydrogens (primary N) is 1. The summed E-state index contributed by atoms with van der Waals surface area (Å²) in [5, 5.41) is 10.5. The molecule has 0 spiro atoms. The second-order valence-corrected chi connectivity index (χ2v) is 5.48. The number of unbranched alkanes of at least 4 members (excludes halogenated alkanes) is 5. The van der Waals surface area contributed by atoms with Crippen LogP contribution in [0, 0.1) is 0 Å². The summed E-state index contributed by atoms with van der Waals surface area (Å²) in [6.45, 7) is 2.38. The van der Waals surface area contributed by atoms with Crippen LogP contribution in [0.1, 0.15) is 56.9 Å².